The fraction of sp³-hybridized carbons (Fsp3) is 0.143. The van der Waals surface area contributed by atoms with Crippen LogP contribution in [0.1, 0.15) is 18.4 Å². The molecular formula is C14H13N5O3. The Labute approximate surface area is 125 Å². The first kappa shape index (κ1) is 15.1. The predicted molar refractivity (Wildman–Crippen MR) is 78.4 cm³/mol. The molecule has 0 amide bonds. The molecule has 0 radical (unpaired) electrons. The minimum Gasteiger partial charge on any atom is -0.422 e. The second-order valence-electron chi connectivity index (χ2n) is 4.70. The third-order valence-electron chi connectivity index (χ3n) is 3.26. The molecular weight excluding hydrogens is 286 g/mol. The largest absolute Gasteiger partial charge is 0.422 e. The number of non-ortho nitro benzene ring substituents is 1. The van der Waals surface area contributed by atoms with Crippen LogP contribution in [0.3, 0.4) is 0 Å². The molecule has 22 heavy (non-hydrogen) atoms. The molecule has 0 saturated carbocycles. The fourth-order valence-electron chi connectivity index (χ4n) is 2.32. The maximum atomic E-state index is 10.9. The Morgan fingerprint density at radius 1 is 1.55 bits per heavy atom. The van der Waals surface area contributed by atoms with Crippen LogP contribution in [0, 0.1) is 26.9 Å². The molecule has 1 atom stereocenters. The monoisotopic (exact) mass is 299 g/mol. The number of nitrogens with zero attached hydrogens (tertiary/aromatic N) is 2. The number of benzene rings is 1. The quantitative estimate of drug-likeness (QED) is 0.557. The smallest absolute Gasteiger partial charge is 0.269 e. The molecule has 2 rings (SSSR count). The lowest BCUT2D eigenvalue weighted by atomic mass is 9.82. The van der Waals surface area contributed by atoms with Gasteiger partial charge in [-0.3, -0.25) is 15.5 Å². The van der Waals surface area contributed by atoms with E-state index in [9.17, 15) is 15.4 Å². The zero-order valence-electron chi connectivity index (χ0n) is 11.7. The van der Waals surface area contributed by atoms with Crippen molar-refractivity contribution >= 4 is 11.6 Å². The van der Waals surface area contributed by atoms with E-state index < -0.39 is 10.8 Å². The molecule has 0 aliphatic carbocycles. The van der Waals surface area contributed by atoms with Crippen LogP contribution in [0.15, 0.2) is 47.0 Å². The van der Waals surface area contributed by atoms with E-state index in [1.807, 2.05) is 6.07 Å². The molecule has 1 aliphatic rings. The summed E-state index contributed by atoms with van der Waals surface area (Å²) in [5, 5.41) is 28.1. The van der Waals surface area contributed by atoms with Gasteiger partial charge in [0.1, 0.15) is 11.6 Å². The Balaban J connectivity index is 2.72. The highest BCUT2D eigenvalue weighted by Gasteiger charge is 2.35. The number of rotatable bonds is 2. The number of hydrogen-bond acceptors (Lipinski definition) is 7. The summed E-state index contributed by atoms with van der Waals surface area (Å²) in [7, 11) is 0. The summed E-state index contributed by atoms with van der Waals surface area (Å²) in [6.45, 7) is 1.56. The molecule has 1 aromatic rings. The van der Waals surface area contributed by atoms with Crippen molar-refractivity contribution in [2.75, 3.05) is 0 Å². The van der Waals surface area contributed by atoms with Gasteiger partial charge in [0.25, 0.3) is 5.69 Å². The molecule has 1 heterocycles. The van der Waals surface area contributed by atoms with E-state index in [1.54, 1.807) is 13.0 Å². The zero-order valence-corrected chi connectivity index (χ0v) is 11.7. The molecule has 0 bridgehead atoms. The van der Waals surface area contributed by atoms with E-state index in [1.165, 1.54) is 18.2 Å². The third kappa shape index (κ3) is 2.47. The van der Waals surface area contributed by atoms with Gasteiger partial charge in [-0.15, -0.1) is 0 Å². The number of nitriles is 1. The Morgan fingerprint density at radius 2 is 2.23 bits per heavy atom. The second-order valence-corrected chi connectivity index (χ2v) is 4.70. The van der Waals surface area contributed by atoms with Crippen LogP contribution >= 0.6 is 0 Å². The summed E-state index contributed by atoms with van der Waals surface area (Å²) in [5.41, 5.74) is 12.4. The Hall–Kier alpha value is -3.34. The number of allylic oxidation sites excluding steroid dienone is 2. The van der Waals surface area contributed by atoms with Gasteiger partial charge in [0.05, 0.1) is 10.8 Å². The maximum Gasteiger partial charge on any atom is 0.269 e. The van der Waals surface area contributed by atoms with Crippen molar-refractivity contribution in [1.29, 1.82) is 10.7 Å². The highest BCUT2D eigenvalue weighted by molar-refractivity contribution is 5.96. The SMILES string of the molecule is CC(N)=C1C(=N)OC(N)=C(C#N)C1c1cccc([N+](=O)[O-])c1. The van der Waals surface area contributed by atoms with Crippen LogP contribution in [0.5, 0.6) is 0 Å². The van der Waals surface area contributed by atoms with Gasteiger partial charge >= 0.3 is 0 Å². The minimum absolute atomic E-state index is 0.0660. The molecule has 8 heteroatoms. The molecule has 1 unspecified atom stereocenters. The van der Waals surface area contributed by atoms with Crippen molar-refractivity contribution in [2.24, 2.45) is 11.5 Å². The Morgan fingerprint density at radius 3 is 2.77 bits per heavy atom. The molecule has 0 spiro atoms. The molecule has 1 aromatic carbocycles. The molecule has 0 aromatic heterocycles. The van der Waals surface area contributed by atoms with E-state index in [0.717, 1.165) is 0 Å². The van der Waals surface area contributed by atoms with Crippen LogP contribution in [0.4, 0.5) is 5.69 Å². The maximum absolute atomic E-state index is 10.9. The first-order valence-corrected chi connectivity index (χ1v) is 6.24. The lowest BCUT2D eigenvalue weighted by molar-refractivity contribution is -0.384. The number of nitro groups is 1. The molecule has 5 N–H and O–H groups in total. The first-order chi connectivity index (χ1) is 10.4. The van der Waals surface area contributed by atoms with Crippen LogP contribution in [0.25, 0.3) is 0 Å². The minimum atomic E-state index is -0.767. The standard InChI is InChI=1S/C14H13N5O3/c1-7(16)11-12(10(6-15)13(17)22-14(11)18)8-3-2-4-9(5-8)19(20)21/h2-5,12,18H,16-17H2,1H3. The highest BCUT2D eigenvalue weighted by Crippen LogP contribution is 2.39. The van der Waals surface area contributed by atoms with Crippen LogP contribution < -0.4 is 11.5 Å². The average molecular weight is 299 g/mol. The van der Waals surface area contributed by atoms with Crippen LogP contribution in [0.2, 0.25) is 0 Å². The van der Waals surface area contributed by atoms with Gasteiger partial charge in [-0.25, -0.2) is 0 Å². The van der Waals surface area contributed by atoms with Gasteiger partial charge in [0, 0.05) is 23.4 Å². The summed E-state index contributed by atoms with van der Waals surface area (Å²) < 4.78 is 5.04. The van der Waals surface area contributed by atoms with Gasteiger partial charge in [-0.1, -0.05) is 12.1 Å². The fourth-order valence-corrected chi connectivity index (χ4v) is 2.32. The van der Waals surface area contributed by atoms with Gasteiger partial charge < -0.3 is 16.2 Å². The van der Waals surface area contributed by atoms with Gasteiger partial charge in [-0.05, 0) is 12.5 Å². The molecule has 0 fully saturated rings. The van der Waals surface area contributed by atoms with Crippen molar-refractivity contribution in [3.63, 3.8) is 0 Å². The Kier molecular flexibility index (Phi) is 3.81. The number of hydrogen-bond donors (Lipinski definition) is 3. The van der Waals surface area contributed by atoms with Gasteiger partial charge in [-0.2, -0.15) is 5.26 Å². The first-order valence-electron chi connectivity index (χ1n) is 6.24. The lowest BCUT2D eigenvalue weighted by Crippen LogP contribution is -2.28. The third-order valence-corrected chi connectivity index (χ3v) is 3.26. The van der Waals surface area contributed by atoms with Crippen molar-refractivity contribution in [1.82, 2.24) is 0 Å². The van der Waals surface area contributed by atoms with E-state index in [2.05, 4.69) is 0 Å². The summed E-state index contributed by atoms with van der Waals surface area (Å²) in [6.07, 6.45) is 0. The van der Waals surface area contributed by atoms with E-state index in [-0.39, 0.29) is 34.3 Å². The normalized spacial score (nSPS) is 20.2. The summed E-state index contributed by atoms with van der Waals surface area (Å²) in [4.78, 5) is 10.4. The van der Waals surface area contributed by atoms with E-state index >= 15 is 0 Å². The molecule has 8 nitrogen and oxygen atoms in total. The van der Waals surface area contributed by atoms with E-state index in [4.69, 9.17) is 21.6 Å². The number of nitrogens with two attached hydrogens (primary N) is 2. The van der Waals surface area contributed by atoms with E-state index in [0.29, 0.717) is 5.56 Å². The predicted octanol–water partition coefficient (Wildman–Crippen LogP) is 1.61. The Bertz CT molecular complexity index is 769. The lowest BCUT2D eigenvalue weighted by Gasteiger charge is -2.27. The molecule has 112 valence electrons. The van der Waals surface area contributed by atoms with Gasteiger partial charge in [0.15, 0.2) is 0 Å². The van der Waals surface area contributed by atoms with Crippen LogP contribution in [-0.2, 0) is 4.74 Å². The number of nitro benzene ring substituents is 1. The number of ether oxygens (including phenoxy) is 1. The highest BCUT2D eigenvalue weighted by atomic mass is 16.6. The molecule has 1 aliphatic heterocycles. The van der Waals surface area contributed by atoms with Crippen molar-refractivity contribution < 1.29 is 9.66 Å². The van der Waals surface area contributed by atoms with Crippen molar-refractivity contribution in [2.45, 2.75) is 12.8 Å². The number of nitrogens with one attached hydrogen (secondary N) is 1. The zero-order chi connectivity index (χ0) is 16.4. The summed E-state index contributed by atoms with van der Waals surface area (Å²) in [5.74, 6) is -1.24. The van der Waals surface area contributed by atoms with Crippen molar-refractivity contribution in [3.05, 3.63) is 62.7 Å². The summed E-state index contributed by atoms with van der Waals surface area (Å²) in [6, 6.07) is 7.72. The topological polar surface area (TPSA) is 152 Å². The van der Waals surface area contributed by atoms with Crippen LogP contribution in [-0.4, -0.2) is 10.8 Å². The van der Waals surface area contributed by atoms with Crippen molar-refractivity contribution in [3.8, 4) is 6.07 Å². The average Bonchev–Trinajstić information content (AvgIpc) is 2.46. The molecule has 0 saturated heterocycles. The summed E-state index contributed by atoms with van der Waals surface area (Å²) >= 11 is 0. The van der Waals surface area contributed by atoms with Gasteiger partial charge in [0.2, 0.25) is 11.8 Å². The second kappa shape index (κ2) is 5.57.